The van der Waals surface area contributed by atoms with E-state index in [-0.39, 0.29) is 12.1 Å². The molecule has 0 saturated carbocycles. The van der Waals surface area contributed by atoms with Crippen LogP contribution in [-0.2, 0) is 6.54 Å². The molecule has 1 N–H and O–H groups in total. The highest BCUT2D eigenvalue weighted by molar-refractivity contribution is 7.80. The summed E-state index contributed by atoms with van der Waals surface area (Å²) in [4.78, 5) is 6.70. The first kappa shape index (κ1) is 17.5. The third-order valence-electron chi connectivity index (χ3n) is 4.76. The number of furan rings is 1. The minimum atomic E-state index is -0.0671. The minimum Gasteiger partial charge on any atom is -0.497 e. The number of methoxy groups -OCH3 is 1. The molecule has 6 heteroatoms. The van der Waals surface area contributed by atoms with Crippen LogP contribution in [0, 0.1) is 6.92 Å². The van der Waals surface area contributed by atoms with Crippen molar-refractivity contribution in [1.82, 2.24) is 15.2 Å². The molecule has 0 aliphatic carbocycles. The zero-order valence-corrected chi connectivity index (χ0v) is 16.1. The number of nitrogens with zero attached hydrogens (tertiary/aromatic N) is 2. The summed E-state index contributed by atoms with van der Waals surface area (Å²) in [6.07, 6.45) is 1.80. The van der Waals surface area contributed by atoms with Gasteiger partial charge in [-0.25, -0.2) is 0 Å². The van der Waals surface area contributed by atoms with Gasteiger partial charge in [-0.3, -0.25) is 4.98 Å². The lowest BCUT2D eigenvalue weighted by Gasteiger charge is -2.26. The van der Waals surface area contributed by atoms with E-state index < -0.39 is 0 Å². The fourth-order valence-corrected chi connectivity index (χ4v) is 3.73. The standard InChI is InChI=1S/C21H21N3O2S/c1-14-6-11-18(26-14)20-19(17-5-3-4-12-22-17)23-21(27)24(20)13-15-7-9-16(25-2)10-8-15/h3-12,19-20H,13H2,1-2H3,(H,23,27)/t19-,20-/m0/s1. The number of rotatable bonds is 5. The average Bonchev–Trinajstić information content (AvgIpc) is 3.26. The largest absolute Gasteiger partial charge is 0.497 e. The fourth-order valence-electron chi connectivity index (χ4n) is 3.42. The first-order valence-corrected chi connectivity index (χ1v) is 9.24. The topological polar surface area (TPSA) is 50.5 Å². The summed E-state index contributed by atoms with van der Waals surface area (Å²) in [6, 6.07) is 17.8. The van der Waals surface area contributed by atoms with Gasteiger partial charge in [-0.05, 0) is 61.1 Å². The van der Waals surface area contributed by atoms with E-state index in [9.17, 15) is 0 Å². The number of pyridine rings is 1. The predicted octanol–water partition coefficient (Wildman–Crippen LogP) is 4.16. The molecule has 0 spiro atoms. The maximum Gasteiger partial charge on any atom is 0.170 e. The van der Waals surface area contributed by atoms with Crippen molar-refractivity contribution < 1.29 is 9.15 Å². The maximum absolute atomic E-state index is 5.98. The number of benzene rings is 1. The lowest BCUT2D eigenvalue weighted by Crippen LogP contribution is -2.29. The lowest BCUT2D eigenvalue weighted by atomic mass is 10.0. The summed E-state index contributed by atoms with van der Waals surface area (Å²) < 4.78 is 11.2. The molecule has 5 nitrogen and oxygen atoms in total. The molecule has 1 aliphatic rings. The number of hydrogen-bond acceptors (Lipinski definition) is 4. The Morgan fingerprint density at radius 3 is 2.59 bits per heavy atom. The highest BCUT2D eigenvalue weighted by atomic mass is 32.1. The Balaban J connectivity index is 1.68. The number of thiocarbonyl (C=S) groups is 1. The summed E-state index contributed by atoms with van der Waals surface area (Å²) in [7, 11) is 1.67. The van der Waals surface area contributed by atoms with Gasteiger partial charge in [-0.2, -0.15) is 0 Å². The van der Waals surface area contributed by atoms with Gasteiger partial charge >= 0.3 is 0 Å². The Morgan fingerprint density at radius 2 is 1.96 bits per heavy atom. The third kappa shape index (κ3) is 3.53. The van der Waals surface area contributed by atoms with E-state index in [1.54, 1.807) is 13.3 Å². The molecule has 0 radical (unpaired) electrons. The molecule has 2 aromatic heterocycles. The Hall–Kier alpha value is -2.86. The Labute approximate surface area is 164 Å². The van der Waals surface area contributed by atoms with E-state index in [1.807, 2.05) is 49.4 Å². The molecule has 3 heterocycles. The summed E-state index contributed by atoms with van der Waals surface area (Å²) in [5.41, 5.74) is 2.09. The number of aryl methyl sites for hydroxylation is 1. The van der Waals surface area contributed by atoms with E-state index >= 15 is 0 Å². The van der Waals surface area contributed by atoms with Crippen molar-refractivity contribution in [1.29, 1.82) is 0 Å². The summed E-state index contributed by atoms with van der Waals surface area (Å²) in [5.74, 6) is 2.60. The summed E-state index contributed by atoms with van der Waals surface area (Å²) in [5, 5.41) is 4.13. The van der Waals surface area contributed by atoms with E-state index in [0.717, 1.165) is 28.5 Å². The smallest absolute Gasteiger partial charge is 0.170 e. The van der Waals surface area contributed by atoms with Gasteiger partial charge in [-0.1, -0.05) is 18.2 Å². The Bertz CT molecular complexity index is 924. The monoisotopic (exact) mass is 379 g/mol. The van der Waals surface area contributed by atoms with Crippen LogP contribution in [0.1, 0.15) is 34.9 Å². The first-order chi connectivity index (χ1) is 13.2. The fraction of sp³-hybridized carbons (Fsp3) is 0.238. The molecule has 27 heavy (non-hydrogen) atoms. The third-order valence-corrected chi connectivity index (χ3v) is 5.11. The van der Waals surface area contributed by atoms with Crippen molar-refractivity contribution in [2.45, 2.75) is 25.6 Å². The average molecular weight is 379 g/mol. The van der Waals surface area contributed by atoms with E-state index in [0.29, 0.717) is 11.7 Å². The molecular formula is C21H21N3O2S. The molecule has 2 atom stereocenters. The molecule has 1 fully saturated rings. The van der Waals surface area contributed by atoms with Crippen molar-refractivity contribution in [3.8, 4) is 5.75 Å². The van der Waals surface area contributed by atoms with E-state index in [2.05, 4.69) is 27.3 Å². The SMILES string of the molecule is COc1ccc(CN2C(=S)N[C@@H](c3ccccn3)[C@@H]2c2ccc(C)o2)cc1. The normalized spacial score (nSPS) is 19.2. The van der Waals surface area contributed by atoms with Crippen molar-refractivity contribution in [3.63, 3.8) is 0 Å². The van der Waals surface area contributed by atoms with Crippen molar-refractivity contribution in [2.75, 3.05) is 7.11 Å². The molecule has 1 aromatic carbocycles. The first-order valence-electron chi connectivity index (χ1n) is 8.83. The molecule has 0 unspecified atom stereocenters. The van der Waals surface area contributed by atoms with Crippen LogP contribution in [0.5, 0.6) is 5.75 Å². The van der Waals surface area contributed by atoms with Gasteiger partial charge in [0.1, 0.15) is 23.3 Å². The van der Waals surface area contributed by atoms with Crippen LogP contribution in [-0.4, -0.2) is 22.1 Å². The molecular weight excluding hydrogens is 358 g/mol. The van der Waals surface area contributed by atoms with Gasteiger partial charge in [0.25, 0.3) is 0 Å². The highest BCUT2D eigenvalue weighted by Gasteiger charge is 2.41. The van der Waals surface area contributed by atoms with Gasteiger partial charge in [0.2, 0.25) is 0 Å². The molecule has 138 valence electrons. The second kappa shape index (κ2) is 7.40. The Kier molecular flexibility index (Phi) is 4.81. The number of hydrogen-bond donors (Lipinski definition) is 1. The van der Waals surface area contributed by atoms with Crippen molar-refractivity contribution >= 4 is 17.3 Å². The number of nitrogens with one attached hydrogen (secondary N) is 1. The van der Waals surface area contributed by atoms with Crippen LogP contribution < -0.4 is 10.1 Å². The van der Waals surface area contributed by atoms with Crippen LogP contribution in [0.25, 0.3) is 0 Å². The number of aromatic nitrogens is 1. The molecule has 0 amide bonds. The predicted molar refractivity (Wildman–Crippen MR) is 107 cm³/mol. The highest BCUT2D eigenvalue weighted by Crippen LogP contribution is 2.40. The van der Waals surface area contributed by atoms with E-state index in [1.165, 1.54) is 0 Å². The second-order valence-electron chi connectivity index (χ2n) is 6.55. The molecule has 4 rings (SSSR count). The Morgan fingerprint density at radius 1 is 1.15 bits per heavy atom. The number of ether oxygens (including phenoxy) is 1. The van der Waals surface area contributed by atoms with Crippen LogP contribution in [0.15, 0.2) is 65.2 Å². The molecule has 3 aromatic rings. The van der Waals surface area contributed by atoms with Gasteiger partial charge in [0, 0.05) is 12.7 Å². The van der Waals surface area contributed by atoms with Crippen LogP contribution in [0.3, 0.4) is 0 Å². The van der Waals surface area contributed by atoms with E-state index in [4.69, 9.17) is 21.4 Å². The van der Waals surface area contributed by atoms with Crippen molar-refractivity contribution in [2.24, 2.45) is 0 Å². The van der Waals surface area contributed by atoms with Crippen LogP contribution >= 0.6 is 12.2 Å². The summed E-state index contributed by atoms with van der Waals surface area (Å²) in [6.45, 7) is 2.62. The van der Waals surface area contributed by atoms with Crippen LogP contribution in [0.2, 0.25) is 0 Å². The van der Waals surface area contributed by atoms with Gasteiger partial charge < -0.3 is 19.4 Å². The van der Waals surface area contributed by atoms with Gasteiger partial charge in [0.05, 0.1) is 18.8 Å². The minimum absolute atomic E-state index is 0.0665. The molecule has 1 saturated heterocycles. The zero-order chi connectivity index (χ0) is 18.8. The second-order valence-corrected chi connectivity index (χ2v) is 6.94. The molecule has 0 bridgehead atoms. The summed E-state index contributed by atoms with van der Waals surface area (Å²) >= 11 is 5.67. The van der Waals surface area contributed by atoms with Gasteiger partial charge in [0.15, 0.2) is 5.11 Å². The lowest BCUT2D eigenvalue weighted by molar-refractivity contribution is 0.264. The zero-order valence-electron chi connectivity index (χ0n) is 15.3. The van der Waals surface area contributed by atoms with Crippen molar-refractivity contribution in [3.05, 3.63) is 83.6 Å². The van der Waals surface area contributed by atoms with Crippen LogP contribution in [0.4, 0.5) is 0 Å². The van der Waals surface area contributed by atoms with Gasteiger partial charge in [-0.15, -0.1) is 0 Å². The quantitative estimate of drug-likeness (QED) is 0.672. The molecule has 1 aliphatic heterocycles. The maximum atomic E-state index is 5.98.